The van der Waals surface area contributed by atoms with Gasteiger partial charge in [0.15, 0.2) is 0 Å². The van der Waals surface area contributed by atoms with E-state index in [0.29, 0.717) is 23.7 Å². The number of nitrogens with one attached hydrogen (secondary N) is 2. The Morgan fingerprint density at radius 3 is 3.00 bits per heavy atom. The number of carbonyl (C=O) groups is 1. The number of furan rings is 1. The van der Waals surface area contributed by atoms with Crippen LogP contribution >= 0.6 is 15.9 Å². The van der Waals surface area contributed by atoms with Crippen LogP contribution in [0.15, 0.2) is 39.5 Å². The van der Waals surface area contributed by atoms with Gasteiger partial charge in [-0.25, -0.2) is 4.98 Å². The lowest BCUT2D eigenvalue weighted by Crippen LogP contribution is -2.27. The van der Waals surface area contributed by atoms with Gasteiger partial charge in [-0.15, -0.1) is 0 Å². The van der Waals surface area contributed by atoms with E-state index in [-0.39, 0.29) is 11.9 Å². The normalized spacial score (nSPS) is 11.9. The van der Waals surface area contributed by atoms with Crippen LogP contribution in [-0.2, 0) is 0 Å². The first-order valence-corrected chi connectivity index (χ1v) is 7.14. The van der Waals surface area contributed by atoms with Gasteiger partial charge < -0.3 is 15.1 Å². The Morgan fingerprint density at radius 2 is 2.35 bits per heavy atom. The molecule has 2 aromatic rings. The van der Waals surface area contributed by atoms with Gasteiger partial charge in [0, 0.05) is 17.2 Å². The zero-order valence-electron chi connectivity index (χ0n) is 11.3. The van der Waals surface area contributed by atoms with Crippen molar-refractivity contribution in [3.05, 3.63) is 46.5 Å². The summed E-state index contributed by atoms with van der Waals surface area (Å²) in [5.74, 6) is 1.09. The average molecular weight is 338 g/mol. The van der Waals surface area contributed by atoms with Gasteiger partial charge in [0.2, 0.25) is 0 Å². The number of nitrogens with zero attached hydrogens (tertiary/aromatic N) is 1. The molecule has 1 amide bonds. The fraction of sp³-hybridized carbons (Fsp3) is 0.286. The molecule has 2 aromatic heterocycles. The molecule has 0 aliphatic rings. The Kier molecular flexibility index (Phi) is 4.79. The summed E-state index contributed by atoms with van der Waals surface area (Å²) in [4.78, 5) is 16.6. The minimum absolute atomic E-state index is 0.196. The van der Waals surface area contributed by atoms with Crippen LogP contribution in [0.1, 0.15) is 36.0 Å². The van der Waals surface area contributed by atoms with Gasteiger partial charge in [0.1, 0.15) is 11.6 Å². The van der Waals surface area contributed by atoms with Gasteiger partial charge in [-0.3, -0.25) is 4.79 Å². The molecule has 0 saturated carbocycles. The van der Waals surface area contributed by atoms with Crippen molar-refractivity contribution in [2.75, 3.05) is 11.9 Å². The van der Waals surface area contributed by atoms with Crippen molar-refractivity contribution in [1.82, 2.24) is 10.3 Å². The van der Waals surface area contributed by atoms with Crippen LogP contribution < -0.4 is 10.6 Å². The second-order valence-corrected chi connectivity index (χ2v) is 5.21. The molecule has 1 unspecified atom stereocenters. The molecule has 0 aliphatic heterocycles. The van der Waals surface area contributed by atoms with Crippen LogP contribution in [0.4, 0.5) is 5.82 Å². The van der Waals surface area contributed by atoms with E-state index in [2.05, 4.69) is 31.5 Å². The van der Waals surface area contributed by atoms with E-state index in [0.717, 1.165) is 4.47 Å². The maximum absolute atomic E-state index is 12.3. The third-order valence-electron chi connectivity index (χ3n) is 2.76. The lowest BCUT2D eigenvalue weighted by molar-refractivity contribution is 0.0936. The summed E-state index contributed by atoms with van der Waals surface area (Å²) in [5.41, 5.74) is 0.500. The zero-order chi connectivity index (χ0) is 14.5. The van der Waals surface area contributed by atoms with E-state index in [4.69, 9.17) is 4.42 Å². The summed E-state index contributed by atoms with van der Waals surface area (Å²) in [6, 6.07) is 5.17. The largest absolute Gasteiger partial charge is 0.467 e. The number of hydrogen-bond acceptors (Lipinski definition) is 4. The first-order chi connectivity index (χ1) is 9.61. The van der Waals surface area contributed by atoms with Crippen LogP contribution in [0, 0.1) is 0 Å². The standard InChI is InChI=1S/C14H16BrN3O2/c1-3-16-13-11(7-10(15)8-17-13)14(19)18-9(2)12-5-4-6-20-12/h4-9H,3H2,1-2H3,(H,16,17)(H,18,19). The summed E-state index contributed by atoms with van der Waals surface area (Å²) in [7, 11) is 0. The van der Waals surface area contributed by atoms with Crippen molar-refractivity contribution < 1.29 is 9.21 Å². The molecule has 0 radical (unpaired) electrons. The molecular formula is C14H16BrN3O2. The van der Waals surface area contributed by atoms with Gasteiger partial charge in [0.05, 0.1) is 17.9 Å². The highest BCUT2D eigenvalue weighted by Gasteiger charge is 2.17. The summed E-state index contributed by atoms with van der Waals surface area (Å²) in [5, 5.41) is 5.97. The van der Waals surface area contributed by atoms with E-state index in [9.17, 15) is 4.79 Å². The summed E-state index contributed by atoms with van der Waals surface area (Å²) in [6.45, 7) is 4.52. The Morgan fingerprint density at radius 1 is 1.55 bits per heavy atom. The monoisotopic (exact) mass is 337 g/mol. The number of amides is 1. The van der Waals surface area contributed by atoms with Gasteiger partial charge in [-0.2, -0.15) is 0 Å². The van der Waals surface area contributed by atoms with E-state index in [1.54, 1.807) is 24.6 Å². The Balaban J connectivity index is 2.18. The highest BCUT2D eigenvalue weighted by molar-refractivity contribution is 9.10. The number of aromatic nitrogens is 1. The molecule has 0 saturated heterocycles. The molecule has 0 aromatic carbocycles. The number of carbonyl (C=O) groups excluding carboxylic acids is 1. The Bertz CT molecular complexity index is 584. The maximum atomic E-state index is 12.3. The molecule has 0 fully saturated rings. The SMILES string of the molecule is CCNc1ncc(Br)cc1C(=O)NC(C)c1ccco1. The number of halogens is 1. The molecule has 2 heterocycles. The maximum Gasteiger partial charge on any atom is 0.255 e. The quantitative estimate of drug-likeness (QED) is 0.877. The summed E-state index contributed by atoms with van der Waals surface area (Å²) >= 11 is 3.33. The van der Waals surface area contributed by atoms with Gasteiger partial charge in [-0.1, -0.05) is 0 Å². The van der Waals surface area contributed by atoms with Crippen molar-refractivity contribution in [2.45, 2.75) is 19.9 Å². The fourth-order valence-corrected chi connectivity index (χ4v) is 2.14. The second-order valence-electron chi connectivity index (χ2n) is 4.29. The first kappa shape index (κ1) is 14.6. The second kappa shape index (κ2) is 6.56. The minimum atomic E-state index is -0.203. The smallest absolute Gasteiger partial charge is 0.255 e. The van der Waals surface area contributed by atoms with Crippen LogP contribution in [0.5, 0.6) is 0 Å². The van der Waals surface area contributed by atoms with E-state index in [1.165, 1.54) is 0 Å². The number of anilines is 1. The van der Waals surface area contributed by atoms with E-state index in [1.807, 2.05) is 19.9 Å². The van der Waals surface area contributed by atoms with Crippen LogP contribution in [0.3, 0.4) is 0 Å². The predicted molar refractivity (Wildman–Crippen MR) is 80.7 cm³/mol. The van der Waals surface area contributed by atoms with Crippen LogP contribution in [-0.4, -0.2) is 17.4 Å². The fourth-order valence-electron chi connectivity index (χ4n) is 1.80. The third-order valence-corrected chi connectivity index (χ3v) is 3.19. The molecular weight excluding hydrogens is 322 g/mol. The van der Waals surface area contributed by atoms with Crippen molar-refractivity contribution in [3.8, 4) is 0 Å². The highest BCUT2D eigenvalue weighted by Crippen LogP contribution is 2.20. The van der Waals surface area contributed by atoms with E-state index < -0.39 is 0 Å². The minimum Gasteiger partial charge on any atom is -0.467 e. The molecule has 0 spiro atoms. The molecule has 20 heavy (non-hydrogen) atoms. The predicted octanol–water partition coefficient (Wildman–Crippen LogP) is 3.36. The van der Waals surface area contributed by atoms with Crippen molar-refractivity contribution in [1.29, 1.82) is 0 Å². The average Bonchev–Trinajstić information content (AvgIpc) is 2.95. The topological polar surface area (TPSA) is 67.2 Å². The zero-order valence-corrected chi connectivity index (χ0v) is 12.9. The van der Waals surface area contributed by atoms with Gasteiger partial charge in [0.25, 0.3) is 5.91 Å². The summed E-state index contributed by atoms with van der Waals surface area (Å²) < 4.78 is 6.04. The van der Waals surface area contributed by atoms with Crippen LogP contribution in [0.25, 0.3) is 0 Å². The molecule has 0 aliphatic carbocycles. The molecule has 5 nitrogen and oxygen atoms in total. The lowest BCUT2D eigenvalue weighted by atomic mass is 10.2. The Labute approximate surface area is 125 Å². The molecule has 2 N–H and O–H groups in total. The highest BCUT2D eigenvalue weighted by atomic mass is 79.9. The summed E-state index contributed by atoms with van der Waals surface area (Å²) in [6.07, 6.45) is 3.24. The molecule has 2 rings (SSSR count). The van der Waals surface area contributed by atoms with Crippen LogP contribution in [0.2, 0.25) is 0 Å². The lowest BCUT2D eigenvalue weighted by Gasteiger charge is -2.14. The van der Waals surface area contributed by atoms with E-state index >= 15 is 0 Å². The number of pyridine rings is 1. The number of hydrogen-bond donors (Lipinski definition) is 2. The van der Waals surface area contributed by atoms with Crippen molar-refractivity contribution in [2.24, 2.45) is 0 Å². The molecule has 0 bridgehead atoms. The van der Waals surface area contributed by atoms with Gasteiger partial charge in [-0.05, 0) is 48.0 Å². The van der Waals surface area contributed by atoms with Gasteiger partial charge >= 0.3 is 0 Å². The van der Waals surface area contributed by atoms with Crippen molar-refractivity contribution >= 4 is 27.7 Å². The molecule has 1 atom stereocenters. The number of rotatable bonds is 5. The first-order valence-electron chi connectivity index (χ1n) is 6.35. The molecule has 106 valence electrons. The molecule has 6 heteroatoms. The third kappa shape index (κ3) is 3.39. The van der Waals surface area contributed by atoms with Crippen molar-refractivity contribution in [3.63, 3.8) is 0 Å². The Hall–Kier alpha value is -1.82.